The summed E-state index contributed by atoms with van der Waals surface area (Å²) in [6, 6.07) is 1.37. The van der Waals surface area contributed by atoms with E-state index >= 15 is 0 Å². The molecule has 0 bridgehead atoms. The maximum Gasteiger partial charge on any atom is 0.155 e. The minimum atomic E-state index is -3.05. The third-order valence-electron chi connectivity index (χ3n) is 3.08. The summed E-state index contributed by atoms with van der Waals surface area (Å²) in [6.45, 7) is 0. The molecule has 0 amide bonds. The van der Waals surface area contributed by atoms with Crippen molar-refractivity contribution >= 4 is 9.84 Å². The Hall–Kier alpha value is -0.850. The van der Waals surface area contributed by atoms with Crippen molar-refractivity contribution < 1.29 is 12.8 Å². The van der Waals surface area contributed by atoms with E-state index < -0.39 is 15.1 Å². The van der Waals surface area contributed by atoms with Crippen LogP contribution in [0.15, 0.2) is 23.0 Å². The van der Waals surface area contributed by atoms with Gasteiger partial charge in [0.15, 0.2) is 9.84 Å². The second-order valence-electron chi connectivity index (χ2n) is 4.10. The normalized spacial score (nSPS) is 26.4. The van der Waals surface area contributed by atoms with Gasteiger partial charge in [0.2, 0.25) is 0 Å². The Morgan fingerprint density at radius 1 is 1.50 bits per heavy atom. The molecule has 90 valence electrons. The van der Waals surface area contributed by atoms with Gasteiger partial charge in [0, 0.05) is 5.56 Å². The Labute approximate surface area is 94.9 Å². The van der Waals surface area contributed by atoms with E-state index in [9.17, 15) is 8.42 Å². The molecule has 2 rings (SSSR count). The maximum atomic E-state index is 12.0. The van der Waals surface area contributed by atoms with Crippen LogP contribution in [0.25, 0.3) is 0 Å². The maximum absolute atomic E-state index is 12.0. The highest BCUT2D eigenvalue weighted by atomic mass is 32.2. The second kappa shape index (κ2) is 4.57. The fraction of sp³-hybridized carbons (Fsp3) is 0.600. The molecular weight excluding hydrogens is 228 g/mol. The Bertz CT molecular complexity index is 427. The first kappa shape index (κ1) is 11.6. The second-order valence-corrected chi connectivity index (χ2v) is 6.44. The van der Waals surface area contributed by atoms with Crippen LogP contribution in [0.4, 0.5) is 0 Å². The zero-order valence-corrected chi connectivity index (χ0v) is 9.74. The Kier molecular flexibility index (Phi) is 3.32. The summed E-state index contributed by atoms with van der Waals surface area (Å²) < 4.78 is 28.9. The van der Waals surface area contributed by atoms with Crippen LogP contribution in [0.2, 0.25) is 0 Å². The fourth-order valence-corrected chi connectivity index (χ4v) is 4.31. The van der Waals surface area contributed by atoms with Gasteiger partial charge < -0.3 is 4.42 Å². The van der Waals surface area contributed by atoms with Crippen LogP contribution in [0.1, 0.15) is 30.9 Å². The first-order valence-corrected chi connectivity index (χ1v) is 7.06. The smallest absolute Gasteiger partial charge is 0.155 e. The average Bonchev–Trinajstić information content (AvgIpc) is 2.75. The zero-order chi connectivity index (χ0) is 11.6. The molecule has 0 spiro atoms. The molecule has 0 saturated carbocycles. The molecule has 0 aromatic carbocycles. The molecular formula is C10H16N2O3S. The van der Waals surface area contributed by atoms with Gasteiger partial charge in [-0.1, -0.05) is 6.42 Å². The lowest BCUT2D eigenvalue weighted by Gasteiger charge is -2.28. The van der Waals surface area contributed by atoms with Crippen molar-refractivity contribution in [1.82, 2.24) is 5.43 Å². The minimum Gasteiger partial charge on any atom is -0.472 e. The summed E-state index contributed by atoms with van der Waals surface area (Å²) in [7, 11) is -3.05. The molecule has 2 heterocycles. The summed E-state index contributed by atoms with van der Waals surface area (Å²) in [6.07, 6.45) is 5.40. The van der Waals surface area contributed by atoms with E-state index in [1.165, 1.54) is 12.5 Å². The van der Waals surface area contributed by atoms with E-state index in [4.69, 9.17) is 10.3 Å². The molecule has 5 nitrogen and oxygen atoms in total. The number of hydrogen-bond acceptors (Lipinski definition) is 5. The molecule has 1 aliphatic rings. The Balaban J connectivity index is 2.27. The van der Waals surface area contributed by atoms with Gasteiger partial charge >= 0.3 is 0 Å². The summed E-state index contributed by atoms with van der Waals surface area (Å²) in [5.41, 5.74) is 3.38. The van der Waals surface area contributed by atoms with E-state index in [1.807, 2.05) is 0 Å². The first-order chi connectivity index (χ1) is 7.65. The molecule has 2 atom stereocenters. The van der Waals surface area contributed by atoms with Crippen LogP contribution in [-0.2, 0) is 9.84 Å². The number of hydrazine groups is 1. The molecule has 0 aliphatic carbocycles. The third kappa shape index (κ3) is 2.14. The van der Waals surface area contributed by atoms with Gasteiger partial charge in [0.05, 0.1) is 29.6 Å². The highest BCUT2D eigenvalue weighted by molar-refractivity contribution is 7.92. The van der Waals surface area contributed by atoms with Gasteiger partial charge in [-0.3, -0.25) is 11.3 Å². The lowest BCUT2D eigenvalue weighted by atomic mass is 10.0. The SMILES string of the molecule is NNC(c1ccoc1)C1CCCCS1(=O)=O. The largest absolute Gasteiger partial charge is 0.472 e. The van der Waals surface area contributed by atoms with Gasteiger partial charge in [0.25, 0.3) is 0 Å². The van der Waals surface area contributed by atoms with Crippen LogP contribution in [-0.4, -0.2) is 19.4 Å². The first-order valence-electron chi connectivity index (χ1n) is 5.35. The molecule has 1 fully saturated rings. The standard InChI is InChI=1S/C10H16N2O3S/c11-12-10(8-4-5-15-7-8)9-3-1-2-6-16(9,13)14/h4-5,7,9-10,12H,1-3,6,11H2. The number of hydrogen-bond donors (Lipinski definition) is 2. The number of sulfone groups is 1. The number of rotatable bonds is 3. The van der Waals surface area contributed by atoms with Crippen molar-refractivity contribution in [3.05, 3.63) is 24.2 Å². The third-order valence-corrected chi connectivity index (χ3v) is 5.37. The number of nitrogens with two attached hydrogens (primary N) is 1. The Morgan fingerprint density at radius 2 is 2.31 bits per heavy atom. The lowest BCUT2D eigenvalue weighted by molar-refractivity contribution is 0.449. The van der Waals surface area contributed by atoms with Crippen LogP contribution in [0, 0.1) is 0 Å². The van der Waals surface area contributed by atoms with Crippen LogP contribution >= 0.6 is 0 Å². The molecule has 1 saturated heterocycles. The molecule has 2 unspecified atom stereocenters. The summed E-state index contributed by atoms with van der Waals surface area (Å²) in [5, 5.41) is -0.441. The van der Waals surface area contributed by atoms with Gasteiger partial charge in [0.1, 0.15) is 0 Å². The van der Waals surface area contributed by atoms with Crippen molar-refractivity contribution in [2.75, 3.05) is 5.75 Å². The zero-order valence-electron chi connectivity index (χ0n) is 8.93. The van der Waals surface area contributed by atoms with Crippen molar-refractivity contribution in [3.8, 4) is 0 Å². The topological polar surface area (TPSA) is 85.3 Å². The highest BCUT2D eigenvalue weighted by Gasteiger charge is 2.36. The molecule has 6 heteroatoms. The predicted octanol–water partition coefficient (Wildman–Crippen LogP) is 0.751. The van der Waals surface area contributed by atoms with Gasteiger partial charge in [-0.15, -0.1) is 0 Å². The van der Waals surface area contributed by atoms with Crippen LogP contribution < -0.4 is 11.3 Å². The quantitative estimate of drug-likeness (QED) is 0.605. The van der Waals surface area contributed by atoms with E-state index in [-0.39, 0.29) is 11.8 Å². The lowest BCUT2D eigenvalue weighted by Crippen LogP contribution is -2.43. The molecule has 3 N–H and O–H groups in total. The molecule has 1 aliphatic heterocycles. The number of furan rings is 1. The predicted molar refractivity (Wildman–Crippen MR) is 60.2 cm³/mol. The van der Waals surface area contributed by atoms with Gasteiger partial charge in [-0.25, -0.2) is 8.42 Å². The molecule has 16 heavy (non-hydrogen) atoms. The summed E-state index contributed by atoms with van der Waals surface area (Å²) in [5.74, 6) is 5.72. The fourth-order valence-electron chi connectivity index (χ4n) is 2.22. The number of nitrogens with one attached hydrogen (secondary N) is 1. The highest BCUT2D eigenvalue weighted by Crippen LogP contribution is 2.30. The van der Waals surface area contributed by atoms with Crippen molar-refractivity contribution in [1.29, 1.82) is 0 Å². The van der Waals surface area contributed by atoms with Crippen molar-refractivity contribution in [2.24, 2.45) is 5.84 Å². The van der Waals surface area contributed by atoms with Crippen molar-refractivity contribution in [2.45, 2.75) is 30.6 Å². The van der Waals surface area contributed by atoms with Gasteiger partial charge in [-0.05, 0) is 18.9 Å². The summed E-state index contributed by atoms with van der Waals surface area (Å²) >= 11 is 0. The van der Waals surface area contributed by atoms with Crippen LogP contribution in [0.3, 0.4) is 0 Å². The van der Waals surface area contributed by atoms with Crippen LogP contribution in [0.5, 0.6) is 0 Å². The molecule has 1 aromatic heterocycles. The van der Waals surface area contributed by atoms with E-state index in [1.54, 1.807) is 6.07 Å². The average molecular weight is 244 g/mol. The van der Waals surface area contributed by atoms with E-state index in [2.05, 4.69) is 5.43 Å². The van der Waals surface area contributed by atoms with E-state index in [0.717, 1.165) is 18.4 Å². The van der Waals surface area contributed by atoms with Crippen molar-refractivity contribution in [3.63, 3.8) is 0 Å². The van der Waals surface area contributed by atoms with E-state index in [0.29, 0.717) is 6.42 Å². The monoisotopic (exact) mass is 244 g/mol. The molecule has 0 radical (unpaired) electrons. The molecule has 1 aromatic rings. The minimum absolute atomic E-state index is 0.258. The Morgan fingerprint density at radius 3 is 2.88 bits per heavy atom. The van der Waals surface area contributed by atoms with Gasteiger partial charge in [-0.2, -0.15) is 0 Å². The summed E-state index contributed by atoms with van der Waals surface area (Å²) in [4.78, 5) is 0.